The molecular weight excluding hydrogens is 280 g/mol. The Morgan fingerprint density at radius 3 is 2.80 bits per heavy atom. The Balaban J connectivity index is 1.96. The Bertz CT molecular complexity index is 417. The van der Waals surface area contributed by atoms with Gasteiger partial charge in [-0.2, -0.15) is 20.5 Å². The van der Waals surface area contributed by atoms with Crippen LogP contribution in [0.4, 0.5) is 8.78 Å². The molecule has 1 aromatic rings. The van der Waals surface area contributed by atoms with Gasteiger partial charge in [0, 0.05) is 23.4 Å². The van der Waals surface area contributed by atoms with Crippen LogP contribution in [0, 0.1) is 0 Å². The number of halogens is 2. The van der Waals surface area contributed by atoms with Gasteiger partial charge in [0.25, 0.3) is 0 Å². The molecule has 2 atom stereocenters. The zero-order valence-electron chi connectivity index (χ0n) is 11.6. The summed E-state index contributed by atoms with van der Waals surface area (Å²) in [5, 5.41) is 4.12. The lowest BCUT2D eigenvalue weighted by Gasteiger charge is -2.31. The van der Waals surface area contributed by atoms with Crippen LogP contribution in [-0.2, 0) is 6.54 Å². The van der Waals surface area contributed by atoms with E-state index in [9.17, 15) is 8.78 Å². The van der Waals surface area contributed by atoms with Gasteiger partial charge in [-0.05, 0) is 25.2 Å². The second kappa shape index (κ2) is 7.84. The number of hydrogen-bond acceptors (Lipinski definition) is 3. The molecule has 2 nitrogen and oxygen atoms in total. The third-order valence-corrected chi connectivity index (χ3v) is 4.92. The van der Waals surface area contributed by atoms with Gasteiger partial charge in [0.1, 0.15) is 5.75 Å². The Hall–Kier alpha value is -0.810. The van der Waals surface area contributed by atoms with Crippen LogP contribution in [0.15, 0.2) is 24.3 Å². The first-order chi connectivity index (χ1) is 9.70. The minimum Gasteiger partial charge on any atom is -0.434 e. The number of nitrogens with one attached hydrogen (secondary N) is 1. The van der Waals surface area contributed by atoms with Crippen molar-refractivity contribution in [1.29, 1.82) is 0 Å². The molecule has 0 spiro atoms. The van der Waals surface area contributed by atoms with Crippen LogP contribution in [0.25, 0.3) is 0 Å². The molecule has 0 aliphatic heterocycles. The van der Waals surface area contributed by atoms with Gasteiger partial charge in [-0.3, -0.25) is 0 Å². The van der Waals surface area contributed by atoms with Crippen molar-refractivity contribution < 1.29 is 13.5 Å². The van der Waals surface area contributed by atoms with E-state index in [2.05, 4.69) is 16.3 Å². The second-order valence-corrected chi connectivity index (χ2v) is 6.11. The summed E-state index contributed by atoms with van der Waals surface area (Å²) in [4.78, 5) is 0. The van der Waals surface area contributed by atoms with Gasteiger partial charge < -0.3 is 10.1 Å². The number of alkyl halides is 2. The Morgan fingerprint density at radius 2 is 2.05 bits per heavy atom. The summed E-state index contributed by atoms with van der Waals surface area (Å²) in [6.45, 7) is -2.20. The van der Waals surface area contributed by atoms with Crippen LogP contribution in [-0.4, -0.2) is 24.2 Å². The van der Waals surface area contributed by atoms with Crippen LogP contribution < -0.4 is 10.1 Å². The molecule has 1 N–H and O–H groups in total. The zero-order valence-corrected chi connectivity index (χ0v) is 12.5. The molecule has 2 rings (SSSR count). The summed E-state index contributed by atoms with van der Waals surface area (Å²) in [6, 6.07) is 7.45. The van der Waals surface area contributed by atoms with Crippen molar-refractivity contribution in [2.24, 2.45) is 0 Å². The number of para-hydroxylation sites is 1. The smallest absolute Gasteiger partial charge is 0.387 e. The number of ether oxygens (including phenoxy) is 1. The highest BCUT2D eigenvalue weighted by atomic mass is 32.2. The minimum absolute atomic E-state index is 0.270. The Labute approximate surface area is 123 Å². The SMILES string of the molecule is CSC1CCCCC1NCc1ccccc1OC(F)F. The van der Waals surface area contributed by atoms with Gasteiger partial charge in [0.2, 0.25) is 0 Å². The Morgan fingerprint density at radius 1 is 1.30 bits per heavy atom. The molecule has 1 aromatic carbocycles. The first-order valence-electron chi connectivity index (χ1n) is 6.99. The molecule has 1 aliphatic rings. The predicted octanol–water partition coefficient (Wildman–Crippen LogP) is 4.05. The standard InChI is InChI=1S/C15H21F2NOS/c1-20-14-9-5-3-7-12(14)18-10-11-6-2-4-8-13(11)19-15(16)17/h2,4,6,8,12,14-15,18H,3,5,7,9-10H2,1H3. The van der Waals surface area contributed by atoms with E-state index >= 15 is 0 Å². The first kappa shape index (κ1) is 15.6. The van der Waals surface area contributed by atoms with Crippen molar-refractivity contribution in [1.82, 2.24) is 5.32 Å². The van der Waals surface area contributed by atoms with Gasteiger partial charge in [-0.1, -0.05) is 31.0 Å². The van der Waals surface area contributed by atoms with Crippen molar-refractivity contribution >= 4 is 11.8 Å². The van der Waals surface area contributed by atoms with E-state index in [1.54, 1.807) is 12.1 Å². The molecule has 0 amide bonds. The largest absolute Gasteiger partial charge is 0.434 e. The lowest BCUT2D eigenvalue weighted by atomic mass is 9.94. The van der Waals surface area contributed by atoms with E-state index in [1.807, 2.05) is 23.9 Å². The Kier molecular flexibility index (Phi) is 6.10. The summed E-state index contributed by atoms with van der Waals surface area (Å²) in [5.41, 5.74) is 0.790. The third-order valence-electron chi connectivity index (χ3n) is 3.75. The fraction of sp³-hybridized carbons (Fsp3) is 0.600. The van der Waals surface area contributed by atoms with E-state index in [4.69, 9.17) is 0 Å². The quantitative estimate of drug-likeness (QED) is 0.856. The topological polar surface area (TPSA) is 21.3 Å². The molecule has 0 saturated heterocycles. The molecule has 20 heavy (non-hydrogen) atoms. The van der Waals surface area contributed by atoms with Crippen LogP contribution in [0.2, 0.25) is 0 Å². The van der Waals surface area contributed by atoms with Crippen molar-refractivity contribution in [2.45, 2.75) is 50.1 Å². The highest BCUT2D eigenvalue weighted by molar-refractivity contribution is 7.99. The molecule has 2 unspecified atom stereocenters. The molecular formula is C15H21F2NOS. The van der Waals surface area contributed by atoms with E-state index in [-0.39, 0.29) is 5.75 Å². The number of benzene rings is 1. The van der Waals surface area contributed by atoms with Crippen molar-refractivity contribution in [2.75, 3.05) is 6.26 Å². The van der Waals surface area contributed by atoms with Gasteiger partial charge in [-0.25, -0.2) is 0 Å². The third kappa shape index (κ3) is 4.35. The number of thioether (sulfide) groups is 1. The summed E-state index contributed by atoms with van der Waals surface area (Å²) in [6.07, 6.45) is 7.05. The average Bonchev–Trinajstić information content (AvgIpc) is 2.46. The molecule has 0 radical (unpaired) electrons. The van der Waals surface area contributed by atoms with Crippen LogP contribution in [0.3, 0.4) is 0 Å². The molecule has 5 heteroatoms. The fourth-order valence-corrected chi connectivity index (χ4v) is 3.68. The van der Waals surface area contributed by atoms with Gasteiger partial charge in [0.05, 0.1) is 0 Å². The van der Waals surface area contributed by atoms with Crippen LogP contribution in [0.1, 0.15) is 31.2 Å². The lowest BCUT2D eigenvalue weighted by molar-refractivity contribution is -0.0505. The molecule has 1 fully saturated rings. The van der Waals surface area contributed by atoms with E-state index in [0.29, 0.717) is 17.8 Å². The van der Waals surface area contributed by atoms with Gasteiger partial charge in [-0.15, -0.1) is 0 Å². The lowest BCUT2D eigenvalue weighted by Crippen LogP contribution is -2.40. The number of hydrogen-bond donors (Lipinski definition) is 1. The maximum Gasteiger partial charge on any atom is 0.387 e. The van der Waals surface area contributed by atoms with E-state index < -0.39 is 6.61 Å². The van der Waals surface area contributed by atoms with Gasteiger partial charge in [0.15, 0.2) is 0 Å². The highest BCUT2D eigenvalue weighted by Crippen LogP contribution is 2.28. The summed E-state index contributed by atoms with van der Waals surface area (Å²) < 4.78 is 29.3. The van der Waals surface area contributed by atoms with Crippen molar-refractivity contribution in [3.63, 3.8) is 0 Å². The normalized spacial score (nSPS) is 23.0. The monoisotopic (exact) mass is 301 g/mol. The molecule has 1 saturated carbocycles. The average molecular weight is 301 g/mol. The fourth-order valence-electron chi connectivity index (χ4n) is 2.71. The summed E-state index contributed by atoms with van der Waals surface area (Å²) >= 11 is 1.89. The van der Waals surface area contributed by atoms with E-state index in [1.165, 1.54) is 19.3 Å². The minimum atomic E-state index is -2.77. The van der Waals surface area contributed by atoms with Crippen LogP contribution >= 0.6 is 11.8 Å². The molecule has 112 valence electrons. The first-order valence-corrected chi connectivity index (χ1v) is 8.28. The molecule has 0 heterocycles. The molecule has 1 aliphatic carbocycles. The van der Waals surface area contributed by atoms with E-state index in [0.717, 1.165) is 12.0 Å². The molecule has 0 bridgehead atoms. The predicted molar refractivity (Wildman–Crippen MR) is 79.5 cm³/mol. The van der Waals surface area contributed by atoms with Gasteiger partial charge >= 0.3 is 6.61 Å². The zero-order chi connectivity index (χ0) is 14.4. The summed E-state index contributed by atoms with van der Waals surface area (Å²) in [7, 11) is 0. The highest BCUT2D eigenvalue weighted by Gasteiger charge is 2.24. The number of rotatable bonds is 6. The summed E-state index contributed by atoms with van der Waals surface area (Å²) in [5.74, 6) is 0.270. The van der Waals surface area contributed by atoms with Crippen LogP contribution in [0.5, 0.6) is 5.75 Å². The maximum atomic E-state index is 12.4. The maximum absolute atomic E-state index is 12.4. The van der Waals surface area contributed by atoms with Crippen molar-refractivity contribution in [3.8, 4) is 5.75 Å². The van der Waals surface area contributed by atoms with Crippen molar-refractivity contribution in [3.05, 3.63) is 29.8 Å². The second-order valence-electron chi connectivity index (χ2n) is 5.03. The molecule has 0 aromatic heterocycles.